The maximum Gasteiger partial charge on any atom is 0.272 e. The van der Waals surface area contributed by atoms with Crippen molar-refractivity contribution in [3.63, 3.8) is 0 Å². The number of rotatable bonds is 2. The Morgan fingerprint density at radius 2 is 2.25 bits per heavy atom. The molecule has 0 bridgehead atoms. The number of aromatic nitrogens is 1. The summed E-state index contributed by atoms with van der Waals surface area (Å²) < 4.78 is 5.20. The minimum Gasteiger partial charge on any atom is -0.388 e. The summed E-state index contributed by atoms with van der Waals surface area (Å²) in [6, 6.07) is 3.59. The molecular formula is C11H15N3O2. The highest BCUT2D eigenvalue weighted by Gasteiger charge is 2.19. The molecule has 1 N–H and O–H groups in total. The van der Waals surface area contributed by atoms with Crippen LogP contribution in [0.1, 0.15) is 10.5 Å². The minimum atomic E-state index is -0.0274. The summed E-state index contributed by atoms with van der Waals surface area (Å²) >= 11 is 0. The summed E-state index contributed by atoms with van der Waals surface area (Å²) in [5, 5.41) is 2.99. The fraction of sp³-hybridized carbons (Fsp3) is 0.455. The van der Waals surface area contributed by atoms with Gasteiger partial charge in [-0.15, -0.1) is 0 Å². The number of amides is 1. The van der Waals surface area contributed by atoms with Gasteiger partial charge < -0.3 is 15.0 Å². The van der Waals surface area contributed by atoms with Crippen LogP contribution in [0.5, 0.6) is 0 Å². The Balaban J connectivity index is 2.12. The van der Waals surface area contributed by atoms with Gasteiger partial charge in [-0.2, -0.15) is 0 Å². The first-order chi connectivity index (χ1) is 7.81. The van der Waals surface area contributed by atoms with Gasteiger partial charge in [0.15, 0.2) is 0 Å². The predicted octanol–water partition coefficient (Wildman–Crippen LogP) is 0.596. The summed E-state index contributed by atoms with van der Waals surface area (Å²) in [5.41, 5.74) is 1.38. The van der Waals surface area contributed by atoms with E-state index in [4.69, 9.17) is 4.74 Å². The van der Waals surface area contributed by atoms with E-state index in [2.05, 4.69) is 10.3 Å². The average Bonchev–Trinajstić information content (AvgIpc) is 2.39. The van der Waals surface area contributed by atoms with Crippen LogP contribution in [-0.4, -0.2) is 49.1 Å². The van der Waals surface area contributed by atoms with Gasteiger partial charge >= 0.3 is 0 Å². The molecule has 86 valence electrons. The van der Waals surface area contributed by atoms with Crippen LogP contribution in [0.25, 0.3) is 0 Å². The third-order valence-electron chi connectivity index (χ3n) is 2.57. The maximum atomic E-state index is 12.0. The Kier molecular flexibility index (Phi) is 3.36. The van der Waals surface area contributed by atoms with E-state index in [-0.39, 0.29) is 5.91 Å². The molecule has 0 radical (unpaired) electrons. The molecule has 1 fully saturated rings. The van der Waals surface area contributed by atoms with Crippen molar-refractivity contribution in [2.45, 2.75) is 0 Å². The number of ether oxygens (including phenoxy) is 1. The lowest BCUT2D eigenvalue weighted by atomic mass is 10.2. The molecule has 0 unspecified atom stereocenters. The third-order valence-corrected chi connectivity index (χ3v) is 2.57. The van der Waals surface area contributed by atoms with Gasteiger partial charge in [0, 0.05) is 32.0 Å². The van der Waals surface area contributed by atoms with Gasteiger partial charge in [0.1, 0.15) is 5.69 Å². The van der Waals surface area contributed by atoms with Crippen molar-refractivity contribution in [2.75, 3.05) is 38.7 Å². The van der Waals surface area contributed by atoms with Crippen molar-refractivity contribution in [1.29, 1.82) is 0 Å². The summed E-state index contributed by atoms with van der Waals surface area (Å²) in [6.45, 7) is 2.50. The molecule has 0 spiro atoms. The van der Waals surface area contributed by atoms with E-state index >= 15 is 0 Å². The van der Waals surface area contributed by atoms with Crippen LogP contribution >= 0.6 is 0 Å². The van der Waals surface area contributed by atoms with Crippen molar-refractivity contribution < 1.29 is 9.53 Å². The summed E-state index contributed by atoms with van der Waals surface area (Å²) in [5.74, 6) is -0.0274. The second-order valence-corrected chi connectivity index (χ2v) is 3.58. The molecule has 1 saturated heterocycles. The maximum absolute atomic E-state index is 12.0. The average molecular weight is 221 g/mol. The Hall–Kier alpha value is -1.62. The van der Waals surface area contributed by atoms with Gasteiger partial charge in [-0.25, -0.2) is 0 Å². The molecule has 16 heavy (non-hydrogen) atoms. The molecule has 1 amide bonds. The standard InChI is InChI=1S/C11H15N3O2/c1-12-9-2-3-13-10(8-9)11(15)14-4-6-16-7-5-14/h2-3,8H,4-7H2,1H3,(H,12,13). The van der Waals surface area contributed by atoms with Crippen molar-refractivity contribution in [3.05, 3.63) is 24.0 Å². The molecule has 2 heterocycles. The van der Waals surface area contributed by atoms with E-state index in [0.717, 1.165) is 5.69 Å². The number of nitrogens with zero attached hydrogens (tertiary/aromatic N) is 2. The lowest BCUT2D eigenvalue weighted by Crippen LogP contribution is -2.41. The number of hydrogen-bond acceptors (Lipinski definition) is 4. The topological polar surface area (TPSA) is 54.5 Å². The number of carbonyl (C=O) groups is 1. The molecule has 1 aliphatic heterocycles. The van der Waals surface area contributed by atoms with Gasteiger partial charge in [-0.1, -0.05) is 0 Å². The fourth-order valence-electron chi connectivity index (χ4n) is 1.63. The first kappa shape index (κ1) is 10.9. The zero-order valence-corrected chi connectivity index (χ0v) is 9.27. The highest BCUT2D eigenvalue weighted by molar-refractivity contribution is 5.93. The SMILES string of the molecule is CNc1ccnc(C(=O)N2CCOCC2)c1. The first-order valence-corrected chi connectivity index (χ1v) is 5.32. The number of anilines is 1. The molecule has 0 aliphatic carbocycles. The van der Waals surface area contributed by atoms with E-state index in [1.807, 2.05) is 13.1 Å². The summed E-state index contributed by atoms with van der Waals surface area (Å²) in [4.78, 5) is 17.9. The smallest absolute Gasteiger partial charge is 0.272 e. The van der Waals surface area contributed by atoms with Crippen LogP contribution in [0.15, 0.2) is 18.3 Å². The van der Waals surface area contributed by atoms with Gasteiger partial charge in [0.25, 0.3) is 5.91 Å². The van der Waals surface area contributed by atoms with E-state index in [9.17, 15) is 4.79 Å². The van der Waals surface area contributed by atoms with Crippen LogP contribution in [0.3, 0.4) is 0 Å². The summed E-state index contributed by atoms with van der Waals surface area (Å²) in [7, 11) is 1.82. The van der Waals surface area contributed by atoms with E-state index < -0.39 is 0 Å². The first-order valence-electron chi connectivity index (χ1n) is 5.32. The van der Waals surface area contributed by atoms with Crippen LogP contribution in [-0.2, 0) is 4.74 Å². The normalized spacial score (nSPS) is 15.9. The number of nitrogens with one attached hydrogen (secondary N) is 1. The minimum absolute atomic E-state index is 0.0274. The van der Waals surface area contributed by atoms with E-state index in [1.54, 1.807) is 17.2 Å². The molecule has 5 nitrogen and oxygen atoms in total. The molecule has 1 aliphatic rings. The lowest BCUT2D eigenvalue weighted by molar-refractivity contribution is 0.0299. The fourth-order valence-corrected chi connectivity index (χ4v) is 1.63. The van der Waals surface area contributed by atoms with E-state index in [1.165, 1.54) is 0 Å². The second-order valence-electron chi connectivity index (χ2n) is 3.58. The van der Waals surface area contributed by atoms with Crippen molar-refractivity contribution in [1.82, 2.24) is 9.88 Å². The summed E-state index contributed by atoms with van der Waals surface area (Å²) in [6.07, 6.45) is 1.64. The molecule has 1 aromatic rings. The molecule has 1 aromatic heterocycles. The third kappa shape index (κ3) is 2.30. The quantitative estimate of drug-likeness (QED) is 0.794. The second kappa shape index (κ2) is 4.94. The van der Waals surface area contributed by atoms with Crippen LogP contribution in [0, 0.1) is 0 Å². The number of hydrogen-bond donors (Lipinski definition) is 1. The Morgan fingerprint density at radius 1 is 1.50 bits per heavy atom. The Bertz CT molecular complexity index is 375. The molecule has 0 atom stereocenters. The molecule has 5 heteroatoms. The van der Waals surface area contributed by atoms with Gasteiger partial charge in [0.2, 0.25) is 0 Å². The molecule has 2 rings (SSSR count). The zero-order chi connectivity index (χ0) is 11.4. The molecule has 0 aromatic carbocycles. The Morgan fingerprint density at radius 3 is 2.94 bits per heavy atom. The van der Waals surface area contributed by atoms with Crippen LogP contribution in [0.4, 0.5) is 5.69 Å². The number of carbonyl (C=O) groups excluding carboxylic acids is 1. The van der Waals surface area contributed by atoms with Crippen LogP contribution < -0.4 is 5.32 Å². The van der Waals surface area contributed by atoms with Crippen LogP contribution in [0.2, 0.25) is 0 Å². The highest BCUT2D eigenvalue weighted by Crippen LogP contribution is 2.10. The lowest BCUT2D eigenvalue weighted by Gasteiger charge is -2.26. The van der Waals surface area contributed by atoms with Crippen molar-refractivity contribution in [3.8, 4) is 0 Å². The largest absolute Gasteiger partial charge is 0.388 e. The van der Waals surface area contributed by atoms with Gasteiger partial charge in [0.05, 0.1) is 13.2 Å². The van der Waals surface area contributed by atoms with E-state index in [0.29, 0.717) is 32.0 Å². The monoisotopic (exact) mass is 221 g/mol. The molecule has 0 saturated carbocycles. The Labute approximate surface area is 94.4 Å². The van der Waals surface area contributed by atoms with Gasteiger partial charge in [-0.3, -0.25) is 9.78 Å². The van der Waals surface area contributed by atoms with Gasteiger partial charge in [-0.05, 0) is 12.1 Å². The van der Waals surface area contributed by atoms with Crippen molar-refractivity contribution in [2.24, 2.45) is 0 Å². The highest BCUT2D eigenvalue weighted by atomic mass is 16.5. The predicted molar refractivity (Wildman–Crippen MR) is 60.5 cm³/mol. The molecular weight excluding hydrogens is 206 g/mol. The zero-order valence-electron chi connectivity index (χ0n) is 9.27. The number of pyridine rings is 1. The number of morpholine rings is 1. The van der Waals surface area contributed by atoms with Crippen molar-refractivity contribution >= 4 is 11.6 Å².